The van der Waals surface area contributed by atoms with Crippen molar-refractivity contribution in [3.05, 3.63) is 53.3 Å². The van der Waals surface area contributed by atoms with Crippen LogP contribution in [0.25, 0.3) is 0 Å². The molecule has 1 aromatic carbocycles. The van der Waals surface area contributed by atoms with Gasteiger partial charge in [-0.15, -0.1) is 0 Å². The largest absolute Gasteiger partial charge is 0.388 e. The van der Waals surface area contributed by atoms with Crippen LogP contribution in [0.3, 0.4) is 0 Å². The summed E-state index contributed by atoms with van der Waals surface area (Å²) >= 11 is 0. The molecule has 2 N–H and O–H groups in total. The van der Waals surface area contributed by atoms with Crippen LogP contribution in [0, 0.1) is 5.92 Å². The smallest absolute Gasteiger partial charge is 0.254 e. The fourth-order valence-corrected chi connectivity index (χ4v) is 2.74. The number of nitrogens with one attached hydrogen (secondary N) is 1. The van der Waals surface area contributed by atoms with Crippen LogP contribution >= 0.6 is 0 Å². The van der Waals surface area contributed by atoms with E-state index in [1.165, 1.54) is 0 Å². The van der Waals surface area contributed by atoms with E-state index in [0.717, 1.165) is 24.2 Å². The lowest BCUT2D eigenvalue weighted by molar-refractivity contribution is 0.0941. The number of aliphatic hydroxyl groups is 1. The Morgan fingerprint density at radius 2 is 2.00 bits per heavy atom. The number of benzene rings is 1. The van der Waals surface area contributed by atoms with E-state index in [4.69, 9.17) is 0 Å². The predicted octanol–water partition coefficient (Wildman–Crippen LogP) is 2.96. The molecular formula is C19H27N3O2. The number of hydrogen-bond donors (Lipinski definition) is 2. The summed E-state index contributed by atoms with van der Waals surface area (Å²) in [5.41, 5.74) is 2.46. The fraction of sp³-hybridized carbons (Fsp3) is 0.474. The SMILES string of the molecule is CCc1c(C(=O)NCCC(O)c2ccccc2)cnn1CC(C)C. The molecule has 0 aliphatic rings. The van der Waals surface area contributed by atoms with Gasteiger partial charge in [-0.05, 0) is 24.3 Å². The first-order chi connectivity index (χ1) is 11.5. The molecule has 0 fully saturated rings. The molecule has 1 aromatic heterocycles. The van der Waals surface area contributed by atoms with E-state index in [9.17, 15) is 9.90 Å². The molecule has 1 unspecified atom stereocenters. The Hall–Kier alpha value is -2.14. The summed E-state index contributed by atoms with van der Waals surface area (Å²) in [6, 6.07) is 9.48. The van der Waals surface area contributed by atoms with E-state index >= 15 is 0 Å². The Morgan fingerprint density at radius 1 is 1.29 bits per heavy atom. The maximum Gasteiger partial charge on any atom is 0.254 e. The van der Waals surface area contributed by atoms with E-state index in [-0.39, 0.29) is 5.91 Å². The number of hydrogen-bond acceptors (Lipinski definition) is 3. The molecule has 0 radical (unpaired) electrons. The summed E-state index contributed by atoms with van der Waals surface area (Å²) in [6.45, 7) is 7.53. The quantitative estimate of drug-likeness (QED) is 0.782. The molecule has 1 amide bonds. The third-order valence-electron chi connectivity index (χ3n) is 3.95. The molecule has 5 nitrogen and oxygen atoms in total. The van der Waals surface area contributed by atoms with Crippen LogP contribution in [0.1, 0.15) is 54.9 Å². The molecule has 1 heterocycles. The molecule has 130 valence electrons. The molecule has 0 aliphatic heterocycles. The van der Waals surface area contributed by atoms with Crippen molar-refractivity contribution in [2.75, 3.05) is 6.54 Å². The lowest BCUT2D eigenvalue weighted by atomic mass is 10.1. The van der Waals surface area contributed by atoms with Crippen LogP contribution in [-0.4, -0.2) is 27.3 Å². The van der Waals surface area contributed by atoms with E-state index in [2.05, 4.69) is 24.3 Å². The predicted molar refractivity (Wildman–Crippen MR) is 94.8 cm³/mol. The first kappa shape index (κ1) is 18.2. The van der Waals surface area contributed by atoms with Crippen LogP contribution in [-0.2, 0) is 13.0 Å². The average molecular weight is 329 g/mol. The van der Waals surface area contributed by atoms with Crippen LogP contribution in [0.2, 0.25) is 0 Å². The molecular weight excluding hydrogens is 302 g/mol. The fourth-order valence-electron chi connectivity index (χ4n) is 2.74. The summed E-state index contributed by atoms with van der Waals surface area (Å²) in [4.78, 5) is 12.4. The average Bonchev–Trinajstić information content (AvgIpc) is 2.97. The van der Waals surface area contributed by atoms with Crippen molar-refractivity contribution in [1.29, 1.82) is 0 Å². The van der Waals surface area contributed by atoms with Gasteiger partial charge in [-0.3, -0.25) is 9.48 Å². The third-order valence-corrected chi connectivity index (χ3v) is 3.95. The van der Waals surface area contributed by atoms with E-state index in [1.807, 2.05) is 41.9 Å². The highest BCUT2D eigenvalue weighted by molar-refractivity contribution is 5.95. The van der Waals surface area contributed by atoms with E-state index < -0.39 is 6.10 Å². The first-order valence-corrected chi connectivity index (χ1v) is 8.58. The monoisotopic (exact) mass is 329 g/mol. The molecule has 2 aromatic rings. The number of nitrogens with zero attached hydrogens (tertiary/aromatic N) is 2. The second-order valence-corrected chi connectivity index (χ2v) is 6.41. The van der Waals surface area contributed by atoms with Gasteiger partial charge in [-0.25, -0.2) is 0 Å². The molecule has 0 saturated carbocycles. The first-order valence-electron chi connectivity index (χ1n) is 8.58. The van der Waals surface area contributed by atoms with Crippen LogP contribution in [0.5, 0.6) is 0 Å². The van der Waals surface area contributed by atoms with Crippen molar-refractivity contribution in [2.24, 2.45) is 5.92 Å². The molecule has 24 heavy (non-hydrogen) atoms. The van der Waals surface area contributed by atoms with E-state index in [0.29, 0.717) is 24.4 Å². The minimum Gasteiger partial charge on any atom is -0.388 e. The lowest BCUT2D eigenvalue weighted by Gasteiger charge is -2.12. The zero-order chi connectivity index (χ0) is 17.5. The van der Waals surface area contributed by atoms with Crippen LogP contribution < -0.4 is 5.32 Å². The minimum absolute atomic E-state index is 0.123. The maximum absolute atomic E-state index is 12.4. The van der Waals surface area contributed by atoms with Gasteiger partial charge in [-0.2, -0.15) is 5.10 Å². The van der Waals surface area contributed by atoms with Crippen molar-refractivity contribution in [3.63, 3.8) is 0 Å². The van der Waals surface area contributed by atoms with Gasteiger partial charge in [-0.1, -0.05) is 51.1 Å². The zero-order valence-corrected chi connectivity index (χ0v) is 14.7. The number of rotatable bonds is 8. The third kappa shape index (κ3) is 4.68. The number of aromatic nitrogens is 2. The highest BCUT2D eigenvalue weighted by Gasteiger charge is 2.17. The van der Waals surface area contributed by atoms with Crippen molar-refractivity contribution in [1.82, 2.24) is 15.1 Å². The van der Waals surface area contributed by atoms with Gasteiger partial charge in [0.05, 0.1) is 23.6 Å². The highest BCUT2D eigenvalue weighted by Crippen LogP contribution is 2.16. The van der Waals surface area contributed by atoms with Gasteiger partial charge in [0.15, 0.2) is 0 Å². The van der Waals surface area contributed by atoms with Gasteiger partial charge in [0, 0.05) is 13.1 Å². The Morgan fingerprint density at radius 3 is 2.62 bits per heavy atom. The molecule has 0 saturated heterocycles. The zero-order valence-electron chi connectivity index (χ0n) is 14.7. The van der Waals surface area contributed by atoms with Gasteiger partial charge in [0.2, 0.25) is 0 Å². The molecule has 0 bridgehead atoms. The van der Waals surface area contributed by atoms with Crippen molar-refractivity contribution >= 4 is 5.91 Å². The Bertz CT molecular complexity index is 650. The normalized spacial score (nSPS) is 12.4. The summed E-state index contributed by atoms with van der Waals surface area (Å²) in [5, 5.41) is 17.4. The highest BCUT2D eigenvalue weighted by atomic mass is 16.3. The molecule has 5 heteroatoms. The number of amides is 1. The standard InChI is InChI=1S/C19H27N3O2/c1-4-17-16(12-21-22(17)13-14(2)3)19(24)20-11-10-18(23)15-8-6-5-7-9-15/h5-9,12,14,18,23H,4,10-11,13H2,1-3H3,(H,20,24). The summed E-state index contributed by atoms with van der Waals surface area (Å²) in [7, 11) is 0. The van der Waals surface area contributed by atoms with Crippen molar-refractivity contribution in [2.45, 2.75) is 46.3 Å². The molecule has 2 rings (SSSR count). The number of carbonyl (C=O) groups excluding carboxylic acids is 1. The Kier molecular flexibility index (Phi) is 6.55. The number of aliphatic hydroxyl groups excluding tert-OH is 1. The van der Waals surface area contributed by atoms with Crippen LogP contribution in [0.4, 0.5) is 0 Å². The Balaban J connectivity index is 1.92. The van der Waals surface area contributed by atoms with Gasteiger partial charge in [0.25, 0.3) is 5.91 Å². The van der Waals surface area contributed by atoms with Crippen molar-refractivity contribution < 1.29 is 9.90 Å². The topological polar surface area (TPSA) is 67.2 Å². The lowest BCUT2D eigenvalue weighted by Crippen LogP contribution is -2.26. The summed E-state index contributed by atoms with van der Waals surface area (Å²) in [6.07, 6.45) is 2.32. The molecule has 0 spiro atoms. The second kappa shape index (κ2) is 8.64. The maximum atomic E-state index is 12.4. The van der Waals surface area contributed by atoms with Gasteiger partial charge in [0.1, 0.15) is 0 Å². The minimum atomic E-state index is -0.569. The van der Waals surface area contributed by atoms with Gasteiger partial charge >= 0.3 is 0 Å². The second-order valence-electron chi connectivity index (χ2n) is 6.41. The van der Waals surface area contributed by atoms with Crippen LogP contribution in [0.15, 0.2) is 36.5 Å². The number of carbonyl (C=O) groups is 1. The molecule has 0 aliphatic carbocycles. The van der Waals surface area contributed by atoms with Crippen molar-refractivity contribution in [3.8, 4) is 0 Å². The Labute approximate surface area is 143 Å². The summed E-state index contributed by atoms with van der Waals surface area (Å²) in [5.74, 6) is 0.356. The van der Waals surface area contributed by atoms with E-state index in [1.54, 1.807) is 6.20 Å². The summed E-state index contributed by atoms with van der Waals surface area (Å²) < 4.78 is 1.92. The molecule has 1 atom stereocenters. The van der Waals surface area contributed by atoms with Gasteiger partial charge < -0.3 is 10.4 Å².